The lowest BCUT2D eigenvalue weighted by molar-refractivity contribution is 0.0975. The topological polar surface area (TPSA) is 81.2 Å². The Morgan fingerprint density at radius 2 is 1.83 bits per heavy atom. The van der Waals surface area contributed by atoms with Crippen LogP contribution in [0.15, 0.2) is 41.4 Å². The van der Waals surface area contributed by atoms with Gasteiger partial charge in [-0.15, -0.1) is 0 Å². The van der Waals surface area contributed by atoms with Gasteiger partial charge in [0.05, 0.1) is 26.9 Å². The van der Waals surface area contributed by atoms with Gasteiger partial charge in [-0.05, 0) is 49.9 Å². The summed E-state index contributed by atoms with van der Waals surface area (Å²) in [6.07, 6.45) is 2.07. The number of guanidine groups is 1. The van der Waals surface area contributed by atoms with Gasteiger partial charge in [0.25, 0.3) is 5.91 Å². The van der Waals surface area contributed by atoms with E-state index in [2.05, 4.69) is 15.6 Å². The number of carbonyl (C=O) groups is 1. The van der Waals surface area contributed by atoms with Gasteiger partial charge in [0.15, 0.2) is 0 Å². The van der Waals surface area contributed by atoms with Crippen molar-refractivity contribution in [2.24, 2.45) is 4.99 Å². The molecule has 1 aliphatic rings. The molecule has 7 nitrogen and oxygen atoms in total. The molecule has 7 heteroatoms. The van der Waals surface area contributed by atoms with Crippen molar-refractivity contribution in [3.63, 3.8) is 0 Å². The van der Waals surface area contributed by atoms with E-state index in [1.165, 1.54) is 0 Å². The third kappa shape index (κ3) is 5.73. The third-order valence-corrected chi connectivity index (χ3v) is 5.09. The highest BCUT2D eigenvalue weighted by atomic mass is 16.5. The van der Waals surface area contributed by atoms with Crippen LogP contribution in [0.3, 0.4) is 0 Å². The van der Waals surface area contributed by atoms with Crippen molar-refractivity contribution in [3.05, 3.63) is 53.1 Å². The van der Waals surface area contributed by atoms with Crippen LogP contribution >= 0.6 is 0 Å². The number of hydrogen-bond acceptors (Lipinski definition) is 5. The van der Waals surface area contributed by atoms with Crippen molar-refractivity contribution in [1.29, 1.82) is 0 Å². The molecule has 1 saturated heterocycles. The summed E-state index contributed by atoms with van der Waals surface area (Å²) in [6.45, 7) is 5.23. The zero-order chi connectivity index (χ0) is 21.5. The number of rotatable bonds is 6. The van der Waals surface area contributed by atoms with Crippen LogP contribution < -0.4 is 20.1 Å². The second kappa shape index (κ2) is 10.1. The van der Waals surface area contributed by atoms with Gasteiger partial charge < -0.3 is 19.5 Å². The molecule has 2 aromatic rings. The van der Waals surface area contributed by atoms with Crippen LogP contribution in [0.1, 0.15) is 34.3 Å². The van der Waals surface area contributed by atoms with E-state index in [4.69, 9.17) is 14.2 Å². The van der Waals surface area contributed by atoms with E-state index in [0.29, 0.717) is 35.3 Å². The summed E-state index contributed by atoms with van der Waals surface area (Å²) in [5.41, 5.74) is 3.47. The number of methoxy groups -OCH3 is 2. The van der Waals surface area contributed by atoms with Crippen molar-refractivity contribution in [2.45, 2.75) is 32.8 Å². The highest BCUT2D eigenvalue weighted by molar-refractivity contribution is 6.10. The van der Waals surface area contributed by atoms with E-state index in [1.54, 1.807) is 20.3 Å². The van der Waals surface area contributed by atoms with Gasteiger partial charge in [-0.2, -0.15) is 0 Å². The Morgan fingerprint density at radius 3 is 2.43 bits per heavy atom. The number of ether oxygens (including phenoxy) is 3. The molecule has 1 aliphatic heterocycles. The van der Waals surface area contributed by atoms with Crippen molar-refractivity contribution in [3.8, 4) is 11.5 Å². The minimum Gasteiger partial charge on any atom is -0.497 e. The summed E-state index contributed by atoms with van der Waals surface area (Å²) in [5, 5.41) is 6.07. The molecule has 0 bridgehead atoms. The fourth-order valence-corrected chi connectivity index (χ4v) is 3.17. The van der Waals surface area contributed by atoms with Gasteiger partial charge in [0, 0.05) is 36.1 Å². The zero-order valence-corrected chi connectivity index (χ0v) is 18.0. The molecule has 0 saturated carbocycles. The van der Waals surface area contributed by atoms with E-state index in [9.17, 15) is 4.79 Å². The summed E-state index contributed by atoms with van der Waals surface area (Å²) in [5.74, 6) is 1.39. The number of nitrogens with zero attached hydrogens (tertiary/aromatic N) is 1. The molecule has 1 fully saturated rings. The van der Waals surface area contributed by atoms with Gasteiger partial charge in [-0.3, -0.25) is 10.1 Å². The molecular weight excluding hydrogens is 382 g/mol. The van der Waals surface area contributed by atoms with Crippen LogP contribution in [0.4, 0.5) is 5.69 Å². The van der Waals surface area contributed by atoms with E-state index in [0.717, 1.165) is 30.6 Å². The van der Waals surface area contributed by atoms with E-state index >= 15 is 0 Å². The standard InChI is InChI=1S/C23H29N3O4/c1-15-7-8-17(10-16(15)2)22(27)26-23(24-14-19-6-5-9-30-19)25-18-11-20(28-3)13-21(12-18)29-4/h7-8,10-13,19H,5-6,9,14H2,1-4H3,(H2,24,25,26,27)/t19-/m0/s1. The van der Waals surface area contributed by atoms with Gasteiger partial charge >= 0.3 is 0 Å². The van der Waals surface area contributed by atoms with Gasteiger partial charge in [0.1, 0.15) is 11.5 Å². The lowest BCUT2D eigenvalue weighted by Crippen LogP contribution is -2.36. The maximum atomic E-state index is 12.8. The SMILES string of the molecule is COc1cc(NC(=NC[C@@H]2CCCO2)NC(=O)c2ccc(C)c(C)c2)cc(OC)c1. The number of carbonyl (C=O) groups excluding carboxylic acids is 1. The molecule has 0 radical (unpaired) electrons. The van der Waals surface area contributed by atoms with Gasteiger partial charge in [-0.25, -0.2) is 4.99 Å². The van der Waals surface area contributed by atoms with E-state index in [1.807, 2.05) is 44.2 Å². The fraction of sp³-hybridized carbons (Fsp3) is 0.391. The molecule has 0 spiro atoms. The normalized spacial score (nSPS) is 16.3. The summed E-state index contributed by atoms with van der Waals surface area (Å²) in [6, 6.07) is 11.0. The van der Waals surface area contributed by atoms with Crippen LogP contribution in [0, 0.1) is 13.8 Å². The fourth-order valence-electron chi connectivity index (χ4n) is 3.17. The Balaban J connectivity index is 1.81. The van der Waals surface area contributed by atoms with Crippen molar-refractivity contribution in [1.82, 2.24) is 5.32 Å². The van der Waals surface area contributed by atoms with Gasteiger partial charge in [0.2, 0.25) is 5.96 Å². The highest BCUT2D eigenvalue weighted by Crippen LogP contribution is 2.25. The molecule has 2 N–H and O–H groups in total. The Labute approximate surface area is 177 Å². The lowest BCUT2D eigenvalue weighted by Gasteiger charge is -2.15. The molecule has 1 atom stereocenters. The number of aryl methyl sites for hydroxylation is 2. The van der Waals surface area contributed by atoms with E-state index < -0.39 is 0 Å². The van der Waals surface area contributed by atoms with Crippen LogP contribution in [-0.4, -0.2) is 45.3 Å². The molecule has 0 unspecified atom stereocenters. The van der Waals surface area contributed by atoms with E-state index in [-0.39, 0.29) is 12.0 Å². The molecule has 2 aromatic carbocycles. The first kappa shape index (κ1) is 21.6. The van der Waals surface area contributed by atoms with Crippen LogP contribution in [0.25, 0.3) is 0 Å². The predicted molar refractivity (Wildman–Crippen MR) is 118 cm³/mol. The van der Waals surface area contributed by atoms with Crippen molar-refractivity contribution < 1.29 is 19.0 Å². The average Bonchev–Trinajstić information content (AvgIpc) is 3.27. The number of benzene rings is 2. The van der Waals surface area contributed by atoms with Crippen LogP contribution in [-0.2, 0) is 4.74 Å². The van der Waals surface area contributed by atoms with Crippen molar-refractivity contribution in [2.75, 3.05) is 32.7 Å². The Kier molecular flexibility index (Phi) is 7.30. The molecule has 1 amide bonds. The summed E-state index contributed by atoms with van der Waals surface area (Å²) in [7, 11) is 3.18. The molecule has 30 heavy (non-hydrogen) atoms. The molecule has 0 aliphatic carbocycles. The quantitative estimate of drug-likeness (QED) is 0.560. The molecular formula is C23H29N3O4. The second-order valence-electron chi connectivity index (χ2n) is 7.30. The minimum atomic E-state index is -0.230. The minimum absolute atomic E-state index is 0.0696. The molecule has 3 rings (SSSR count). The number of amides is 1. The number of aliphatic imine (C=N–C) groups is 1. The monoisotopic (exact) mass is 411 g/mol. The summed E-state index contributed by atoms with van der Waals surface area (Å²) < 4.78 is 16.3. The summed E-state index contributed by atoms with van der Waals surface area (Å²) in [4.78, 5) is 17.4. The smallest absolute Gasteiger partial charge is 0.257 e. The zero-order valence-electron chi connectivity index (χ0n) is 18.0. The van der Waals surface area contributed by atoms with Crippen LogP contribution in [0.5, 0.6) is 11.5 Å². The number of nitrogens with one attached hydrogen (secondary N) is 2. The first-order chi connectivity index (χ1) is 14.5. The first-order valence-electron chi connectivity index (χ1n) is 10.0. The predicted octanol–water partition coefficient (Wildman–Crippen LogP) is 3.70. The largest absolute Gasteiger partial charge is 0.497 e. The maximum absolute atomic E-state index is 12.8. The number of anilines is 1. The average molecular weight is 412 g/mol. The lowest BCUT2D eigenvalue weighted by atomic mass is 10.1. The van der Waals surface area contributed by atoms with Crippen LogP contribution in [0.2, 0.25) is 0 Å². The number of hydrogen-bond donors (Lipinski definition) is 2. The first-order valence-corrected chi connectivity index (χ1v) is 10.0. The third-order valence-electron chi connectivity index (χ3n) is 5.09. The second-order valence-corrected chi connectivity index (χ2v) is 7.30. The summed E-state index contributed by atoms with van der Waals surface area (Å²) >= 11 is 0. The maximum Gasteiger partial charge on any atom is 0.257 e. The Hall–Kier alpha value is -3.06. The highest BCUT2D eigenvalue weighted by Gasteiger charge is 2.16. The Bertz CT molecular complexity index is 898. The molecule has 160 valence electrons. The molecule has 1 heterocycles. The van der Waals surface area contributed by atoms with Crippen molar-refractivity contribution >= 4 is 17.6 Å². The molecule has 0 aromatic heterocycles. The Morgan fingerprint density at radius 1 is 1.10 bits per heavy atom. The van der Waals surface area contributed by atoms with Gasteiger partial charge in [-0.1, -0.05) is 6.07 Å².